The lowest BCUT2D eigenvalue weighted by molar-refractivity contribution is -0.135. The first-order chi connectivity index (χ1) is 11.8. The lowest BCUT2D eigenvalue weighted by Crippen LogP contribution is -2.39. The number of cyclic esters (lactones) is 1. The van der Waals surface area contributed by atoms with Gasteiger partial charge in [0.2, 0.25) is 0 Å². The van der Waals surface area contributed by atoms with Gasteiger partial charge in [-0.05, 0) is 22.4 Å². The SMILES string of the molecule is C=C1C(=O)OCC1C(NC(=S)C(C)(C)C)c1ccc2ccccc2c1. The van der Waals surface area contributed by atoms with Gasteiger partial charge in [0, 0.05) is 16.9 Å². The van der Waals surface area contributed by atoms with E-state index in [1.165, 1.54) is 5.39 Å². The Bertz CT molecular complexity index is 850. The Morgan fingerprint density at radius 3 is 2.52 bits per heavy atom. The van der Waals surface area contributed by atoms with Crippen molar-refractivity contribution in [3.63, 3.8) is 0 Å². The molecule has 4 heteroatoms. The second-order valence-electron chi connectivity index (χ2n) is 7.54. The molecule has 0 saturated carbocycles. The monoisotopic (exact) mass is 353 g/mol. The van der Waals surface area contributed by atoms with Gasteiger partial charge in [0.15, 0.2) is 0 Å². The highest BCUT2D eigenvalue weighted by Crippen LogP contribution is 2.35. The van der Waals surface area contributed by atoms with Crippen LogP contribution >= 0.6 is 12.2 Å². The highest BCUT2D eigenvalue weighted by atomic mass is 32.1. The third-order valence-electron chi connectivity index (χ3n) is 4.61. The van der Waals surface area contributed by atoms with Crippen molar-refractivity contribution in [1.29, 1.82) is 0 Å². The Labute approximate surface area is 154 Å². The maximum absolute atomic E-state index is 11.8. The lowest BCUT2D eigenvalue weighted by Gasteiger charge is -2.30. The molecule has 3 nitrogen and oxygen atoms in total. The summed E-state index contributed by atoms with van der Waals surface area (Å²) >= 11 is 5.60. The summed E-state index contributed by atoms with van der Waals surface area (Å²) in [5.74, 6) is -0.451. The van der Waals surface area contributed by atoms with Crippen LogP contribution in [0.15, 0.2) is 54.6 Å². The number of hydrogen-bond acceptors (Lipinski definition) is 3. The molecule has 1 fully saturated rings. The molecular formula is C21H23NO2S. The Morgan fingerprint density at radius 2 is 1.92 bits per heavy atom. The molecule has 1 saturated heterocycles. The van der Waals surface area contributed by atoms with E-state index < -0.39 is 0 Å². The van der Waals surface area contributed by atoms with E-state index in [9.17, 15) is 4.79 Å². The Hall–Kier alpha value is -2.20. The number of nitrogens with one attached hydrogen (secondary N) is 1. The van der Waals surface area contributed by atoms with E-state index in [0.29, 0.717) is 12.2 Å². The summed E-state index contributed by atoms with van der Waals surface area (Å²) in [5, 5.41) is 5.81. The highest BCUT2D eigenvalue weighted by Gasteiger charge is 2.37. The van der Waals surface area contributed by atoms with Gasteiger partial charge >= 0.3 is 5.97 Å². The standard InChI is InChI=1S/C21H23NO2S/c1-13-17(12-24-19(13)23)18(22-20(25)21(2,3)4)16-10-9-14-7-5-6-8-15(14)11-16/h5-11,17-18H,1,12H2,2-4H3,(H,22,25). The molecular weight excluding hydrogens is 330 g/mol. The van der Waals surface area contributed by atoms with Crippen LogP contribution in [-0.2, 0) is 9.53 Å². The second-order valence-corrected chi connectivity index (χ2v) is 7.95. The molecule has 25 heavy (non-hydrogen) atoms. The molecule has 0 aliphatic carbocycles. The van der Waals surface area contributed by atoms with E-state index in [-0.39, 0.29) is 23.3 Å². The number of thiocarbonyl (C=S) groups is 1. The number of hydrogen-bond donors (Lipinski definition) is 1. The normalized spacial score (nSPS) is 18.9. The van der Waals surface area contributed by atoms with Gasteiger partial charge in [-0.3, -0.25) is 0 Å². The zero-order chi connectivity index (χ0) is 18.2. The first kappa shape index (κ1) is 17.6. The van der Waals surface area contributed by atoms with Crippen molar-refractivity contribution in [1.82, 2.24) is 5.32 Å². The van der Waals surface area contributed by atoms with Crippen molar-refractivity contribution in [3.8, 4) is 0 Å². The second kappa shape index (κ2) is 6.60. The average Bonchev–Trinajstić information content (AvgIpc) is 2.90. The molecule has 0 amide bonds. The van der Waals surface area contributed by atoms with E-state index in [2.05, 4.69) is 63.0 Å². The molecule has 0 radical (unpaired) electrons. The quantitative estimate of drug-likeness (QED) is 0.498. The highest BCUT2D eigenvalue weighted by molar-refractivity contribution is 7.80. The number of carbonyl (C=O) groups excluding carboxylic acids is 1. The third kappa shape index (κ3) is 3.59. The largest absolute Gasteiger partial charge is 0.462 e. The summed E-state index contributed by atoms with van der Waals surface area (Å²) in [6.45, 7) is 10.5. The molecule has 130 valence electrons. The summed E-state index contributed by atoms with van der Waals surface area (Å²) < 4.78 is 5.21. The average molecular weight is 353 g/mol. The van der Waals surface area contributed by atoms with Crippen LogP contribution in [0.1, 0.15) is 32.4 Å². The first-order valence-corrected chi connectivity index (χ1v) is 8.84. The number of benzene rings is 2. The summed E-state index contributed by atoms with van der Waals surface area (Å²) in [4.78, 5) is 12.6. The molecule has 0 bridgehead atoms. The number of ether oxygens (including phenoxy) is 1. The van der Waals surface area contributed by atoms with Gasteiger partial charge in [0.1, 0.15) is 6.61 Å². The predicted octanol–water partition coefficient (Wildman–Crippen LogP) is 4.57. The number of rotatable bonds is 3. The molecule has 1 heterocycles. The predicted molar refractivity (Wildman–Crippen MR) is 105 cm³/mol. The van der Waals surface area contributed by atoms with Crippen molar-refractivity contribution in [3.05, 3.63) is 60.2 Å². The van der Waals surface area contributed by atoms with Crippen LogP contribution in [0.4, 0.5) is 0 Å². The number of carbonyl (C=O) groups is 1. The Balaban J connectivity index is 2.01. The molecule has 2 aromatic rings. The van der Waals surface area contributed by atoms with Crippen molar-refractivity contribution < 1.29 is 9.53 Å². The smallest absolute Gasteiger partial charge is 0.333 e. The van der Waals surface area contributed by atoms with E-state index >= 15 is 0 Å². The molecule has 1 N–H and O–H groups in total. The van der Waals surface area contributed by atoms with E-state index in [1.807, 2.05) is 12.1 Å². The van der Waals surface area contributed by atoms with Gasteiger partial charge in [-0.1, -0.05) is 76.0 Å². The topological polar surface area (TPSA) is 38.3 Å². The van der Waals surface area contributed by atoms with Gasteiger partial charge in [0.25, 0.3) is 0 Å². The van der Waals surface area contributed by atoms with Crippen LogP contribution in [-0.4, -0.2) is 17.6 Å². The summed E-state index contributed by atoms with van der Waals surface area (Å²) in [5.41, 5.74) is 1.42. The van der Waals surface area contributed by atoms with Crippen LogP contribution in [0, 0.1) is 11.3 Å². The minimum atomic E-state index is -0.320. The zero-order valence-corrected chi connectivity index (χ0v) is 15.7. The Morgan fingerprint density at radius 1 is 1.24 bits per heavy atom. The minimum Gasteiger partial charge on any atom is -0.462 e. The Kier molecular flexibility index (Phi) is 4.65. The van der Waals surface area contributed by atoms with Gasteiger partial charge in [-0.25, -0.2) is 4.79 Å². The summed E-state index contributed by atoms with van der Waals surface area (Å²) in [6, 6.07) is 14.4. The maximum Gasteiger partial charge on any atom is 0.333 e. The van der Waals surface area contributed by atoms with E-state index in [4.69, 9.17) is 17.0 Å². The van der Waals surface area contributed by atoms with E-state index in [1.54, 1.807) is 0 Å². The van der Waals surface area contributed by atoms with Crippen LogP contribution < -0.4 is 5.32 Å². The number of esters is 1. The van der Waals surface area contributed by atoms with Crippen molar-refractivity contribution >= 4 is 33.9 Å². The van der Waals surface area contributed by atoms with Gasteiger partial charge in [-0.2, -0.15) is 0 Å². The van der Waals surface area contributed by atoms with Crippen molar-refractivity contribution in [2.24, 2.45) is 11.3 Å². The molecule has 1 aliphatic rings. The zero-order valence-electron chi connectivity index (χ0n) is 14.8. The third-order valence-corrected chi connectivity index (χ3v) is 5.34. The minimum absolute atomic E-state index is 0.131. The molecule has 2 aromatic carbocycles. The van der Waals surface area contributed by atoms with Gasteiger partial charge in [-0.15, -0.1) is 0 Å². The maximum atomic E-state index is 11.8. The summed E-state index contributed by atoms with van der Waals surface area (Å²) in [6.07, 6.45) is 0. The van der Waals surface area contributed by atoms with Gasteiger partial charge in [0.05, 0.1) is 11.0 Å². The van der Waals surface area contributed by atoms with Crippen LogP contribution in [0.25, 0.3) is 10.8 Å². The molecule has 3 rings (SSSR count). The summed E-state index contributed by atoms with van der Waals surface area (Å²) in [7, 11) is 0. The molecule has 0 aromatic heterocycles. The fourth-order valence-corrected chi connectivity index (χ4v) is 3.11. The van der Waals surface area contributed by atoms with Crippen LogP contribution in [0.5, 0.6) is 0 Å². The van der Waals surface area contributed by atoms with Gasteiger partial charge < -0.3 is 10.1 Å². The van der Waals surface area contributed by atoms with Crippen LogP contribution in [0.2, 0.25) is 0 Å². The molecule has 2 unspecified atom stereocenters. The fraction of sp³-hybridized carbons (Fsp3) is 0.333. The lowest BCUT2D eigenvalue weighted by atomic mass is 9.87. The van der Waals surface area contributed by atoms with Crippen LogP contribution in [0.3, 0.4) is 0 Å². The van der Waals surface area contributed by atoms with E-state index in [0.717, 1.165) is 15.9 Å². The molecule has 0 spiro atoms. The van der Waals surface area contributed by atoms with Crippen molar-refractivity contribution in [2.45, 2.75) is 26.8 Å². The molecule has 2 atom stereocenters. The first-order valence-electron chi connectivity index (χ1n) is 8.43. The van der Waals surface area contributed by atoms with Crippen molar-refractivity contribution in [2.75, 3.05) is 6.61 Å². The number of fused-ring (bicyclic) bond motifs is 1. The molecule has 1 aliphatic heterocycles. The fourth-order valence-electron chi connectivity index (χ4n) is 2.98.